The molecule has 2 rings (SSSR count). The highest BCUT2D eigenvalue weighted by Gasteiger charge is 2.32. The summed E-state index contributed by atoms with van der Waals surface area (Å²) in [5.41, 5.74) is -0.589. The Hall–Kier alpha value is -1.74. The minimum atomic E-state index is -4.44. The standard InChI is InChI=1S/C15H17F3N2O/c1-14(2)6-5-12(21-14)9-20-13-4-3-11(15(16,17)18)7-10(13)8-19/h3-4,7,12,20H,5-6,9H2,1-2H3. The van der Waals surface area contributed by atoms with E-state index in [1.807, 2.05) is 13.8 Å². The molecule has 21 heavy (non-hydrogen) atoms. The molecule has 1 heterocycles. The van der Waals surface area contributed by atoms with Crippen molar-refractivity contribution in [2.75, 3.05) is 11.9 Å². The number of halogens is 3. The van der Waals surface area contributed by atoms with Crippen molar-refractivity contribution in [2.45, 2.75) is 44.6 Å². The molecular formula is C15H17F3N2O. The van der Waals surface area contributed by atoms with Crippen LogP contribution in [0.4, 0.5) is 18.9 Å². The Morgan fingerprint density at radius 1 is 1.43 bits per heavy atom. The first-order valence-corrected chi connectivity index (χ1v) is 6.74. The topological polar surface area (TPSA) is 45.0 Å². The Morgan fingerprint density at radius 2 is 2.14 bits per heavy atom. The maximum absolute atomic E-state index is 12.6. The Morgan fingerprint density at radius 3 is 2.67 bits per heavy atom. The number of hydrogen-bond donors (Lipinski definition) is 1. The molecule has 1 aromatic rings. The van der Waals surface area contributed by atoms with Gasteiger partial charge in [0.25, 0.3) is 0 Å². The lowest BCUT2D eigenvalue weighted by atomic mass is 10.1. The summed E-state index contributed by atoms with van der Waals surface area (Å²) < 4.78 is 43.6. The van der Waals surface area contributed by atoms with Gasteiger partial charge >= 0.3 is 6.18 Å². The minimum absolute atomic E-state index is 0.00818. The molecule has 1 fully saturated rings. The van der Waals surface area contributed by atoms with E-state index in [9.17, 15) is 13.2 Å². The van der Waals surface area contributed by atoms with Crippen molar-refractivity contribution < 1.29 is 17.9 Å². The monoisotopic (exact) mass is 298 g/mol. The second kappa shape index (κ2) is 5.57. The van der Waals surface area contributed by atoms with Gasteiger partial charge in [-0.05, 0) is 44.9 Å². The summed E-state index contributed by atoms with van der Waals surface area (Å²) in [5, 5.41) is 12.0. The fraction of sp³-hybridized carbons (Fsp3) is 0.533. The van der Waals surface area contributed by atoms with Crippen LogP contribution < -0.4 is 5.32 Å². The molecule has 0 saturated carbocycles. The van der Waals surface area contributed by atoms with Crippen molar-refractivity contribution in [1.29, 1.82) is 5.26 Å². The van der Waals surface area contributed by atoms with Gasteiger partial charge in [0, 0.05) is 6.54 Å². The quantitative estimate of drug-likeness (QED) is 0.919. The third kappa shape index (κ3) is 3.88. The molecule has 3 nitrogen and oxygen atoms in total. The van der Waals surface area contributed by atoms with Gasteiger partial charge in [-0.2, -0.15) is 18.4 Å². The molecule has 1 saturated heterocycles. The molecule has 114 valence electrons. The molecule has 0 amide bonds. The van der Waals surface area contributed by atoms with Crippen LogP contribution in [0.2, 0.25) is 0 Å². The number of nitrogens with zero attached hydrogens (tertiary/aromatic N) is 1. The van der Waals surface area contributed by atoms with E-state index in [0.717, 1.165) is 25.0 Å². The molecule has 0 radical (unpaired) electrons. The minimum Gasteiger partial charge on any atom is -0.381 e. The smallest absolute Gasteiger partial charge is 0.381 e. The van der Waals surface area contributed by atoms with Gasteiger partial charge in [0.2, 0.25) is 0 Å². The molecule has 1 aliphatic rings. The van der Waals surface area contributed by atoms with Gasteiger partial charge in [-0.15, -0.1) is 0 Å². The largest absolute Gasteiger partial charge is 0.416 e. The van der Waals surface area contributed by atoms with Crippen molar-refractivity contribution in [3.8, 4) is 6.07 Å². The summed E-state index contributed by atoms with van der Waals surface area (Å²) in [6.07, 6.45) is -2.60. The lowest BCUT2D eigenvalue weighted by Gasteiger charge is -2.20. The van der Waals surface area contributed by atoms with Gasteiger partial charge in [0.1, 0.15) is 6.07 Å². The van der Waals surface area contributed by atoms with Gasteiger partial charge in [0.15, 0.2) is 0 Å². The molecule has 1 N–H and O–H groups in total. The predicted octanol–water partition coefficient (Wildman–Crippen LogP) is 3.95. The van der Waals surface area contributed by atoms with Crippen LogP contribution in [-0.2, 0) is 10.9 Å². The predicted molar refractivity (Wildman–Crippen MR) is 72.8 cm³/mol. The lowest BCUT2D eigenvalue weighted by molar-refractivity contribution is -0.137. The van der Waals surface area contributed by atoms with Gasteiger partial charge in [-0.3, -0.25) is 0 Å². The number of nitrogens with one attached hydrogen (secondary N) is 1. The van der Waals surface area contributed by atoms with E-state index in [-0.39, 0.29) is 17.3 Å². The van der Waals surface area contributed by atoms with Crippen LogP contribution >= 0.6 is 0 Å². The summed E-state index contributed by atoms with van der Waals surface area (Å²) in [6, 6.07) is 4.93. The Bertz CT molecular complexity index is 561. The van der Waals surface area contributed by atoms with E-state index in [4.69, 9.17) is 10.00 Å². The summed E-state index contributed by atoms with van der Waals surface area (Å²) in [5.74, 6) is 0. The maximum atomic E-state index is 12.6. The number of hydrogen-bond acceptors (Lipinski definition) is 3. The van der Waals surface area contributed by atoms with Crippen LogP contribution in [0.25, 0.3) is 0 Å². The van der Waals surface area contributed by atoms with Crippen LogP contribution in [0.5, 0.6) is 0 Å². The third-order valence-corrected chi connectivity index (χ3v) is 3.54. The molecule has 1 aliphatic heterocycles. The number of rotatable bonds is 3. The summed E-state index contributed by atoms with van der Waals surface area (Å²) >= 11 is 0. The van der Waals surface area contributed by atoms with Gasteiger partial charge in [-0.1, -0.05) is 0 Å². The second-order valence-electron chi connectivity index (χ2n) is 5.79. The average molecular weight is 298 g/mol. The number of ether oxygens (including phenoxy) is 1. The van der Waals surface area contributed by atoms with Crippen molar-refractivity contribution in [2.24, 2.45) is 0 Å². The highest BCUT2D eigenvalue weighted by Crippen LogP contribution is 2.32. The Kier molecular flexibility index (Phi) is 4.15. The second-order valence-corrected chi connectivity index (χ2v) is 5.79. The summed E-state index contributed by atoms with van der Waals surface area (Å²) in [4.78, 5) is 0. The van der Waals surface area contributed by atoms with Crippen LogP contribution in [0, 0.1) is 11.3 Å². The Labute approximate surface area is 121 Å². The summed E-state index contributed by atoms with van der Waals surface area (Å²) in [6.45, 7) is 4.49. The number of alkyl halides is 3. The maximum Gasteiger partial charge on any atom is 0.416 e. The molecule has 1 unspecified atom stereocenters. The van der Waals surface area contributed by atoms with Crippen molar-refractivity contribution in [3.05, 3.63) is 29.3 Å². The summed E-state index contributed by atoms with van der Waals surface area (Å²) in [7, 11) is 0. The van der Waals surface area contributed by atoms with E-state index in [2.05, 4.69) is 5.32 Å². The molecule has 0 aromatic heterocycles. The van der Waals surface area contributed by atoms with E-state index in [0.29, 0.717) is 12.2 Å². The van der Waals surface area contributed by atoms with Crippen LogP contribution in [0.1, 0.15) is 37.8 Å². The normalized spacial score (nSPS) is 21.0. The van der Waals surface area contributed by atoms with Gasteiger partial charge < -0.3 is 10.1 Å². The highest BCUT2D eigenvalue weighted by molar-refractivity contribution is 5.59. The average Bonchev–Trinajstić information content (AvgIpc) is 2.74. The number of anilines is 1. The van der Waals surface area contributed by atoms with Crippen LogP contribution in [0.3, 0.4) is 0 Å². The molecular weight excluding hydrogens is 281 g/mol. The van der Waals surface area contributed by atoms with E-state index < -0.39 is 11.7 Å². The lowest BCUT2D eigenvalue weighted by Crippen LogP contribution is -2.25. The first kappa shape index (κ1) is 15.6. The SMILES string of the molecule is CC1(C)CCC(CNc2ccc(C(F)(F)F)cc2C#N)O1. The number of nitriles is 1. The zero-order valence-corrected chi connectivity index (χ0v) is 11.9. The van der Waals surface area contributed by atoms with Crippen LogP contribution in [-0.4, -0.2) is 18.2 Å². The fourth-order valence-electron chi connectivity index (χ4n) is 2.41. The van der Waals surface area contributed by atoms with Gasteiger partial charge in [-0.25, -0.2) is 0 Å². The molecule has 1 aromatic carbocycles. The zero-order chi connectivity index (χ0) is 15.7. The first-order chi connectivity index (χ1) is 9.71. The third-order valence-electron chi connectivity index (χ3n) is 3.54. The van der Waals surface area contributed by atoms with E-state index in [1.165, 1.54) is 6.07 Å². The van der Waals surface area contributed by atoms with Crippen molar-refractivity contribution >= 4 is 5.69 Å². The highest BCUT2D eigenvalue weighted by atomic mass is 19.4. The van der Waals surface area contributed by atoms with E-state index in [1.54, 1.807) is 6.07 Å². The van der Waals surface area contributed by atoms with Crippen molar-refractivity contribution in [3.63, 3.8) is 0 Å². The number of benzene rings is 1. The Balaban J connectivity index is 2.06. The van der Waals surface area contributed by atoms with E-state index >= 15 is 0 Å². The molecule has 0 spiro atoms. The molecule has 0 bridgehead atoms. The van der Waals surface area contributed by atoms with Gasteiger partial charge in [0.05, 0.1) is 28.5 Å². The van der Waals surface area contributed by atoms with Crippen LogP contribution in [0.15, 0.2) is 18.2 Å². The molecule has 6 heteroatoms. The van der Waals surface area contributed by atoms with Crippen molar-refractivity contribution in [1.82, 2.24) is 0 Å². The molecule has 1 atom stereocenters. The first-order valence-electron chi connectivity index (χ1n) is 6.74. The fourth-order valence-corrected chi connectivity index (χ4v) is 2.41. The molecule has 0 aliphatic carbocycles. The zero-order valence-electron chi connectivity index (χ0n) is 11.9.